The third-order valence-electron chi connectivity index (χ3n) is 3.58. The van der Waals surface area contributed by atoms with E-state index in [0.717, 1.165) is 16.9 Å². The van der Waals surface area contributed by atoms with Crippen LogP contribution < -0.4 is 0 Å². The van der Waals surface area contributed by atoms with Gasteiger partial charge < -0.3 is 9.30 Å². The molecule has 114 valence electrons. The highest BCUT2D eigenvalue weighted by Gasteiger charge is 2.38. The average molecular weight is 288 g/mol. The van der Waals surface area contributed by atoms with E-state index in [9.17, 15) is 4.79 Å². The molecule has 0 spiro atoms. The lowest BCUT2D eigenvalue weighted by Crippen LogP contribution is -2.37. The van der Waals surface area contributed by atoms with Crippen molar-refractivity contribution >= 4 is 17.0 Å². The Kier molecular flexibility index (Phi) is 3.83. The Labute approximate surface area is 126 Å². The first-order valence-corrected chi connectivity index (χ1v) is 7.35. The predicted molar refractivity (Wildman–Crippen MR) is 84.4 cm³/mol. The van der Waals surface area contributed by atoms with Crippen LogP contribution in [0.5, 0.6) is 0 Å². The molecule has 0 amide bonds. The first-order chi connectivity index (χ1) is 9.69. The highest BCUT2D eigenvalue weighted by atomic mass is 16.5. The standard InChI is InChI=1S/C17H24N2O2/c1-7-21-15(20)17(5,6)14-18-12-10-8-9-11-13(12)19(14)16(2,3)4/h8-11H,7H2,1-6H3. The average Bonchev–Trinajstić information content (AvgIpc) is 2.78. The molecule has 4 nitrogen and oxygen atoms in total. The van der Waals surface area contributed by atoms with Gasteiger partial charge in [-0.15, -0.1) is 0 Å². The van der Waals surface area contributed by atoms with Gasteiger partial charge in [-0.2, -0.15) is 0 Å². The summed E-state index contributed by atoms with van der Waals surface area (Å²) in [5.41, 5.74) is 0.981. The fourth-order valence-corrected chi connectivity index (χ4v) is 2.53. The third kappa shape index (κ3) is 2.67. The van der Waals surface area contributed by atoms with E-state index in [-0.39, 0.29) is 11.5 Å². The molecule has 0 aliphatic heterocycles. The maximum absolute atomic E-state index is 12.3. The Morgan fingerprint density at radius 2 is 1.81 bits per heavy atom. The van der Waals surface area contributed by atoms with Crippen molar-refractivity contribution in [1.29, 1.82) is 0 Å². The minimum atomic E-state index is -0.789. The summed E-state index contributed by atoms with van der Waals surface area (Å²) in [7, 11) is 0. The molecular formula is C17H24N2O2. The topological polar surface area (TPSA) is 44.1 Å². The van der Waals surface area contributed by atoms with Crippen LogP contribution in [-0.2, 0) is 20.5 Å². The molecule has 0 aliphatic carbocycles. The number of hydrogen-bond donors (Lipinski definition) is 0. The van der Waals surface area contributed by atoms with Crippen LogP contribution in [0.1, 0.15) is 47.4 Å². The Morgan fingerprint density at radius 1 is 1.19 bits per heavy atom. The van der Waals surface area contributed by atoms with Gasteiger partial charge in [0, 0.05) is 5.54 Å². The lowest BCUT2D eigenvalue weighted by atomic mass is 9.91. The molecule has 2 aromatic rings. The van der Waals surface area contributed by atoms with Crippen LogP contribution in [0, 0.1) is 0 Å². The first-order valence-electron chi connectivity index (χ1n) is 7.35. The number of fused-ring (bicyclic) bond motifs is 1. The van der Waals surface area contributed by atoms with Crippen molar-refractivity contribution in [3.05, 3.63) is 30.1 Å². The fourth-order valence-electron chi connectivity index (χ4n) is 2.53. The number of imidazole rings is 1. The Hall–Kier alpha value is -1.84. The fraction of sp³-hybridized carbons (Fsp3) is 0.529. The number of rotatable bonds is 3. The summed E-state index contributed by atoms with van der Waals surface area (Å²) in [5, 5.41) is 0. The molecule has 4 heteroatoms. The number of benzene rings is 1. The zero-order valence-electron chi connectivity index (χ0n) is 13.7. The molecule has 21 heavy (non-hydrogen) atoms. The van der Waals surface area contributed by atoms with Crippen molar-refractivity contribution in [1.82, 2.24) is 9.55 Å². The lowest BCUT2D eigenvalue weighted by Gasteiger charge is -2.30. The summed E-state index contributed by atoms with van der Waals surface area (Å²) in [4.78, 5) is 17.1. The third-order valence-corrected chi connectivity index (χ3v) is 3.58. The molecular weight excluding hydrogens is 264 g/mol. The zero-order valence-corrected chi connectivity index (χ0v) is 13.7. The van der Waals surface area contributed by atoms with Gasteiger partial charge in [0.05, 0.1) is 17.6 Å². The largest absolute Gasteiger partial charge is 0.465 e. The van der Waals surface area contributed by atoms with Crippen LogP contribution in [0.2, 0.25) is 0 Å². The van der Waals surface area contributed by atoms with Crippen LogP contribution >= 0.6 is 0 Å². The van der Waals surface area contributed by atoms with Crippen molar-refractivity contribution in [3.8, 4) is 0 Å². The summed E-state index contributed by atoms with van der Waals surface area (Å²) >= 11 is 0. The molecule has 2 rings (SSSR count). The number of carbonyl (C=O) groups excluding carboxylic acids is 1. The second kappa shape index (κ2) is 5.17. The van der Waals surface area contributed by atoms with Gasteiger partial charge in [0.15, 0.2) is 0 Å². The van der Waals surface area contributed by atoms with Gasteiger partial charge in [0.25, 0.3) is 0 Å². The van der Waals surface area contributed by atoms with E-state index < -0.39 is 5.41 Å². The summed E-state index contributed by atoms with van der Waals surface area (Å²) in [6, 6.07) is 7.97. The molecule has 1 aromatic carbocycles. The predicted octanol–water partition coefficient (Wildman–Crippen LogP) is 3.63. The van der Waals surface area contributed by atoms with Gasteiger partial charge in [-0.3, -0.25) is 4.79 Å². The maximum Gasteiger partial charge on any atom is 0.319 e. The molecule has 0 fully saturated rings. The normalized spacial score (nSPS) is 12.7. The van der Waals surface area contributed by atoms with Crippen LogP contribution in [0.15, 0.2) is 24.3 Å². The molecule has 0 bridgehead atoms. The van der Waals surface area contributed by atoms with Crippen LogP contribution in [-0.4, -0.2) is 22.1 Å². The van der Waals surface area contributed by atoms with Crippen molar-refractivity contribution < 1.29 is 9.53 Å². The highest BCUT2D eigenvalue weighted by Crippen LogP contribution is 2.32. The van der Waals surface area contributed by atoms with E-state index in [1.165, 1.54) is 0 Å². The van der Waals surface area contributed by atoms with Gasteiger partial charge in [-0.1, -0.05) is 12.1 Å². The van der Waals surface area contributed by atoms with Crippen LogP contribution in [0.3, 0.4) is 0 Å². The molecule has 0 radical (unpaired) electrons. The van der Waals surface area contributed by atoms with Crippen LogP contribution in [0.25, 0.3) is 11.0 Å². The lowest BCUT2D eigenvalue weighted by molar-refractivity contribution is -0.149. The number of para-hydroxylation sites is 2. The summed E-state index contributed by atoms with van der Waals surface area (Å²) in [5.74, 6) is 0.500. The second-order valence-electron chi connectivity index (χ2n) is 6.78. The number of aromatic nitrogens is 2. The summed E-state index contributed by atoms with van der Waals surface area (Å²) < 4.78 is 7.37. The molecule has 1 aromatic heterocycles. The van der Waals surface area contributed by atoms with Gasteiger partial charge in [-0.05, 0) is 53.7 Å². The number of hydrogen-bond acceptors (Lipinski definition) is 3. The maximum atomic E-state index is 12.3. The highest BCUT2D eigenvalue weighted by molar-refractivity contribution is 5.84. The smallest absolute Gasteiger partial charge is 0.319 e. The molecule has 1 heterocycles. The van der Waals surface area contributed by atoms with E-state index in [4.69, 9.17) is 9.72 Å². The van der Waals surface area contributed by atoms with E-state index in [2.05, 4.69) is 25.3 Å². The molecule has 0 N–H and O–H groups in total. The Morgan fingerprint density at radius 3 is 2.38 bits per heavy atom. The minimum Gasteiger partial charge on any atom is -0.465 e. The van der Waals surface area contributed by atoms with Crippen molar-refractivity contribution in [3.63, 3.8) is 0 Å². The van der Waals surface area contributed by atoms with E-state index in [1.54, 1.807) is 0 Å². The van der Waals surface area contributed by atoms with Crippen molar-refractivity contribution in [2.24, 2.45) is 0 Å². The van der Waals surface area contributed by atoms with E-state index in [0.29, 0.717) is 6.61 Å². The van der Waals surface area contributed by atoms with E-state index >= 15 is 0 Å². The summed E-state index contributed by atoms with van der Waals surface area (Å²) in [6.45, 7) is 12.3. The molecule has 0 aliphatic rings. The van der Waals surface area contributed by atoms with Gasteiger partial charge >= 0.3 is 5.97 Å². The molecule has 0 saturated heterocycles. The number of nitrogens with zero attached hydrogens (tertiary/aromatic N) is 2. The SMILES string of the molecule is CCOC(=O)C(C)(C)c1nc2ccccc2n1C(C)(C)C. The van der Waals surface area contributed by atoms with E-state index in [1.807, 2.05) is 45.0 Å². The second-order valence-corrected chi connectivity index (χ2v) is 6.78. The van der Waals surface area contributed by atoms with Gasteiger partial charge in [0.2, 0.25) is 0 Å². The molecule has 0 atom stereocenters. The number of carbonyl (C=O) groups is 1. The summed E-state index contributed by atoms with van der Waals surface area (Å²) in [6.07, 6.45) is 0. The Bertz CT molecular complexity index is 663. The quantitative estimate of drug-likeness (QED) is 0.810. The Balaban J connectivity index is 2.71. The van der Waals surface area contributed by atoms with Gasteiger partial charge in [-0.25, -0.2) is 4.98 Å². The van der Waals surface area contributed by atoms with Gasteiger partial charge in [0.1, 0.15) is 11.2 Å². The molecule has 0 unspecified atom stereocenters. The molecule has 0 saturated carbocycles. The number of ether oxygens (including phenoxy) is 1. The first kappa shape index (κ1) is 15.5. The number of esters is 1. The van der Waals surface area contributed by atoms with Crippen molar-refractivity contribution in [2.45, 2.75) is 52.5 Å². The monoisotopic (exact) mass is 288 g/mol. The van der Waals surface area contributed by atoms with Crippen LogP contribution in [0.4, 0.5) is 0 Å². The van der Waals surface area contributed by atoms with Crippen molar-refractivity contribution in [2.75, 3.05) is 6.61 Å². The minimum absolute atomic E-state index is 0.171. The zero-order chi connectivity index (χ0) is 15.8.